The van der Waals surface area contributed by atoms with Crippen LogP contribution in [0.4, 0.5) is 4.79 Å². The molecule has 1 N–H and O–H groups in total. The Balaban J connectivity index is 2.86. The third-order valence-electron chi connectivity index (χ3n) is 3.74. The van der Waals surface area contributed by atoms with Crippen molar-refractivity contribution in [2.45, 2.75) is 71.9 Å². The van der Waals surface area contributed by atoms with Crippen molar-refractivity contribution in [2.24, 2.45) is 5.41 Å². The Hall–Kier alpha value is -1.26. The van der Waals surface area contributed by atoms with Crippen LogP contribution in [-0.4, -0.2) is 40.3 Å². The van der Waals surface area contributed by atoms with Gasteiger partial charge in [-0.1, -0.05) is 12.8 Å². The molecule has 1 amide bonds. The molecule has 0 aromatic rings. The number of aliphatic carboxylic acids is 1. The van der Waals surface area contributed by atoms with Gasteiger partial charge < -0.3 is 14.7 Å². The summed E-state index contributed by atoms with van der Waals surface area (Å²) in [6.07, 6.45) is 2.65. The summed E-state index contributed by atoms with van der Waals surface area (Å²) in [6.45, 7) is 9.43. The molecule has 0 aromatic heterocycles. The topological polar surface area (TPSA) is 66.8 Å². The lowest BCUT2D eigenvalue weighted by Crippen LogP contribution is -2.48. The van der Waals surface area contributed by atoms with Crippen molar-refractivity contribution in [3.8, 4) is 0 Å². The van der Waals surface area contributed by atoms with E-state index in [1.54, 1.807) is 4.90 Å². The number of carboxylic acid groups (broad SMARTS) is 1. The molecule has 0 unspecified atom stereocenters. The van der Waals surface area contributed by atoms with Crippen LogP contribution in [0.3, 0.4) is 0 Å². The van der Waals surface area contributed by atoms with E-state index in [1.165, 1.54) is 0 Å². The summed E-state index contributed by atoms with van der Waals surface area (Å²) < 4.78 is 5.39. The zero-order valence-electron chi connectivity index (χ0n) is 13.2. The SMILES string of the molecule is CC(C)N(CC1(C(=O)O)CCCC1)C(=O)OC(C)(C)C. The first kappa shape index (κ1) is 16.8. The number of carbonyl (C=O) groups is 2. The minimum Gasteiger partial charge on any atom is -0.481 e. The summed E-state index contributed by atoms with van der Waals surface area (Å²) in [6, 6.07) is -0.0818. The molecule has 0 aliphatic heterocycles. The van der Waals surface area contributed by atoms with E-state index in [-0.39, 0.29) is 12.6 Å². The third kappa shape index (κ3) is 4.12. The first-order chi connectivity index (χ1) is 9.07. The van der Waals surface area contributed by atoms with Gasteiger partial charge in [-0.3, -0.25) is 4.79 Å². The highest BCUT2D eigenvalue weighted by atomic mass is 16.6. The molecule has 116 valence electrons. The molecule has 0 bridgehead atoms. The summed E-state index contributed by atoms with van der Waals surface area (Å²) in [7, 11) is 0. The van der Waals surface area contributed by atoms with Crippen molar-refractivity contribution in [1.82, 2.24) is 4.90 Å². The highest BCUT2D eigenvalue weighted by molar-refractivity contribution is 5.77. The van der Waals surface area contributed by atoms with Crippen LogP contribution in [-0.2, 0) is 9.53 Å². The molecule has 5 heteroatoms. The van der Waals surface area contributed by atoms with E-state index < -0.39 is 23.1 Å². The minimum absolute atomic E-state index is 0.0818. The van der Waals surface area contributed by atoms with E-state index >= 15 is 0 Å². The summed E-state index contributed by atoms with van der Waals surface area (Å²) in [5.41, 5.74) is -1.38. The summed E-state index contributed by atoms with van der Waals surface area (Å²) in [5, 5.41) is 9.53. The molecule has 20 heavy (non-hydrogen) atoms. The van der Waals surface area contributed by atoms with Gasteiger partial charge in [-0.05, 0) is 47.5 Å². The van der Waals surface area contributed by atoms with Gasteiger partial charge in [0.15, 0.2) is 0 Å². The Morgan fingerprint density at radius 3 is 2.10 bits per heavy atom. The first-order valence-corrected chi connectivity index (χ1v) is 7.30. The molecule has 0 atom stereocenters. The van der Waals surface area contributed by atoms with Gasteiger partial charge in [-0.25, -0.2) is 4.79 Å². The molecule has 1 rings (SSSR count). The van der Waals surface area contributed by atoms with Crippen LogP contribution in [0.5, 0.6) is 0 Å². The normalized spacial score (nSPS) is 18.1. The van der Waals surface area contributed by atoms with Crippen molar-refractivity contribution in [1.29, 1.82) is 0 Å². The molecule has 0 heterocycles. The van der Waals surface area contributed by atoms with Gasteiger partial charge in [0.2, 0.25) is 0 Å². The van der Waals surface area contributed by atoms with Gasteiger partial charge in [-0.2, -0.15) is 0 Å². The molecule has 0 radical (unpaired) electrons. The van der Waals surface area contributed by atoms with Crippen LogP contribution in [0.2, 0.25) is 0 Å². The van der Waals surface area contributed by atoms with E-state index in [0.717, 1.165) is 12.8 Å². The van der Waals surface area contributed by atoms with Gasteiger partial charge in [0.25, 0.3) is 0 Å². The molecule has 0 saturated heterocycles. The maximum Gasteiger partial charge on any atom is 0.410 e. The molecule has 0 aromatic carbocycles. The molecule has 1 saturated carbocycles. The maximum absolute atomic E-state index is 12.3. The lowest BCUT2D eigenvalue weighted by molar-refractivity contribution is -0.149. The Labute approximate surface area is 121 Å². The second-order valence-corrected chi connectivity index (χ2v) is 6.99. The number of carboxylic acids is 1. The first-order valence-electron chi connectivity index (χ1n) is 7.30. The fourth-order valence-corrected chi connectivity index (χ4v) is 2.60. The Morgan fingerprint density at radius 2 is 1.75 bits per heavy atom. The summed E-state index contributed by atoms with van der Waals surface area (Å²) in [4.78, 5) is 25.4. The fourth-order valence-electron chi connectivity index (χ4n) is 2.60. The third-order valence-corrected chi connectivity index (χ3v) is 3.74. The molecular formula is C15H27NO4. The summed E-state index contributed by atoms with van der Waals surface area (Å²) in [5.74, 6) is -0.802. The Bertz CT molecular complexity index is 365. The highest BCUT2D eigenvalue weighted by Gasteiger charge is 2.44. The van der Waals surface area contributed by atoms with Gasteiger partial charge >= 0.3 is 12.1 Å². The molecule has 1 aliphatic rings. The number of nitrogens with zero attached hydrogens (tertiary/aromatic N) is 1. The van der Waals surface area contributed by atoms with E-state index in [9.17, 15) is 14.7 Å². The van der Waals surface area contributed by atoms with Crippen LogP contribution in [0.25, 0.3) is 0 Å². The molecule has 1 aliphatic carbocycles. The Kier molecular flexibility index (Phi) is 5.05. The quantitative estimate of drug-likeness (QED) is 0.860. The van der Waals surface area contributed by atoms with Crippen LogP contribution in [0.1, 0.15) is 60.3 Å². The molecule has 5 nitrogen and oxygen atoms in total. The van der Waals surface area contributed by atoms with Crippen LogP contribution < -0.4 is 0 Å². The van der Waals surface area contributed by atoms with Crippen molar-refractivity contribution >= 4 is 12.1 Å². The van der Waals surface area contributed by atoms with Crippen molar-refractivity contribution in [2.75, 3.05) is 6.54 Å². The summed E-state index contributed by atoms with van der Waals surface area (Å²) >= 11 is 0. The Morgan fingerprint density at radius 1 is 1.25 bits per heavy atom. The van der Waals surface area contributed by atoms with E-state index in [0.29, 0.717) is 12.8 Å². The number of rotatable bonds is 4. The van der Waals surface area contributed by atoms with Crippen LogP contribution >= 0.6 is 0 Å². The monoisotopic (exact) mass is 285 g/mol. The van der Waals surface area contributed by atoms with E-state index in [1.807, 2.05) is 34.6 Å². The van der Waals surface area contributed by atoms with Gasteiger partial charge in [0.1, 0.15) is 5.60 Å². The number of carbonyl (C=O) groups excluding carboxylic acids is 1. The van der Waals surface area contributed by atoms with Crippen molar-refractivity contribution in [3.63, 3.8) is 0 Å². The fraction of sp³-hybridized carbons (Fsp3) is 0.867. The predicted molar refractivity (Wildman–Crippen MR) is 76.6 cm³/mol. The lowest BCUT2D eigenvalue weighted by Gasteiger charge is -2.35. The number of ether oxygens (including phenoxy) is 1. The average molecular weight is 285 g/mol. The van der Waals surface area contributed by atoms with Gasteiger partial charge in [-0.15, -0.1) is 0 Å². The lowest BCUT2D eigenvalue weighted by atomic mass is 9.85. The second-order valence-electron chi connectivity index (χ2n) is 6.99. The van der Waals surface area contributed by atoms with Crippen LogP contribution in [0, 0.1) is 5.41 Å². The number of hydrogen-bond acceptors (Lipinski definition) is 3. The zero-order valence-corrected chi connectivity index (χ0v) is 13.2. The second kappa shape index (κ2) is 6.02. The zero-order chi connectivity index (χ0) is 15.6. The minimum atomic E-state index is -0.804. The molecule has 0 spiro atoms. The highest BCUT2D eigenvalue weighted by Crippen LogP contribution is 2.39. The van der Waals surface area contributed by atoms with Gasteiger partial charge in [0, 0.05) is 12.6 Å². The maximum atomic E-state index is 12.3. The van der Waals surface area contributed by atoms with Crippen LogP contribution in [0.15, 0.2) is 0 Å². The largest absolute Gasteiger partial charge is 0.481 e. The predicted octanol–water partition coefficient (Wildman–Crippen LogP) is 3.28. The average Bonchev–Trinajstić information content (AvgIpc) is 2.72. The molecular weight excluding hydrogens is 258 g/mol. The standard InChI is InChI=1S/C15H27NO4/c1-11(2)16(13(19)20-14(3,4)5)10-15(12(17)18)8-6-7-9-15/h11H,6-10H2,1-5H3,(H,17,18). The van der Waals surface area contributed by atoms with Crippen molar-refractivity contribution in [3.05, 3.63) is 0 Å². The number of amides is 1. The van der Waals surface area contributed by atoms with E-state index in [4.69, 9.17) is 4.74 Å². The smallest absolute Gasteiger partial charge is 0.410 e. The van der Waals surface area contributed by atoms with Gasteiger partial charge in [0.05, 0.1) is 5.41 Å². The number of hydrogen-bond donors (Lipinski definition) is 1. The molecule has 1 fully saturated rings. The van der Waals surface area contributed by atoms with E-state index in [2.05, 4.69) is 0 Å². The van der Waals surface area contributed by atoms with Crippen molar-refractivity contribution < 1.29 is 19.4 Å².